The normalized spacial score (nSPS) is 12.0. The molecule has 5 nitrogen and oxygen atoms in total. The Labute approximate surface area is 211 Å². The minimum atomic E-state index is -5.04. The van der Waals surface area contributed by atoms with E-state index in [9.17, 15) is 35.9 Å². The molecule has 198 valence electrons. The molecule has 0 aliphatic heterocycles. The van der Waals surface area contributed by atoms with Gasteiger partial charge in [-0.15, -0.1) is 0 Å². The van der Waals surface area contributed by atoms with Crippen LogP contribution in [0.3, 0.4) is 0 Å². The van der Waals surface area contributed by atoms with E-state index in [2.05, 4.69) is 0 Å². The molecule has 11 heteroatoms. The van der Waals surface area contributed by atoms with Crippen molar-refractivity contribution in [3.05, 3.63) is 99.6 Å². The average molecular weight is 535 g/mol. The minimum Gasteiger partial charge on any atom is -0.496 e. The molecule has 1 amide bonds. The van der Waals surface area contributed by atoms with Gasteiger partial charge < -0.3 is 14.1 Å². The number of para-hydroxylation sites is 1. The molecule has 0 N–H and O–H groups in total. The Hall–Kier alpha value is -4.28. The number of fused-ring (bicyclic) bond motifs is 1. The van der Waals surface area contributed by atoms with E-state index < -0.39 is 52.9 Å². The fourth-order valence-electron chi connectivity index (χ4n) is 4.10. The lowest BCUT2D eigenvalue weighted by molar-refractivity contribution is -0.143. The Bertz CT molecular complexity index is 1540. The first-order chi connectivity index (χ1) is 17.8. The van der Waals surface area contributed by atoms with Crippen LogP contribution in [0.2, 0.25) is 0 Å². The largest absolute Gasteiger partial charge is 0.496 e. The van der Waals surface area contributed by atoms with Crippen molar-refractivity contribution in [1.29, 1.82) is 0 Å². The number of carbonyl (C=O) groups excluding carboxylic acids is 1. The maximum Gasteiger partial charge on any atom is 0.416 e. The van der Waals surface area contributed by atoms with Crippen LogP contribution in [0.25, 0.3) is 21.9 Å². The van der Waals surface area contributed by atoms with Gasteiger partial charge in [0.05, 0.1) is 23.6 Å². The number of methoxy groups -OCH3 is 1. The Kier molecular flexibility index (Phi) is 6.96. The zero-order valence-corrected chi connectivity index (χ0v) is 19.9. The van der Waals surface area contributed by atoms with Gasteiger partial charge in [-0.1, -0.05) is 36.4 Å². The van der Waals surface area contributed by atoms with Crippen LogP contribution in [0.1, 0.15) is 27.2 Å². The molecule has 3 aromatic carbocycles. The van der Waals surface area contributed by atoms with E-state index in [0.717, 1.165) is 4.90 Å². The zero-order chi connectivity index (χ0) is 27.8. The molecule has 0 aliphatic carbocycles. The van der Waals surface area contributed by atoms with E-state index in [1.54, 1.807) is 42.5 Å². The number of alkyl halides is 6. The van der Waals surface area contributed by atoms with Crippen molar-refractivity contribution in [2.45, 2.75) is 18.9 Å². The summed E-state index contributed by atoms with van der Waals surface area (Å²) in [7, 11) is 2.58. The fourth-order valence-corrected chi connectivity index (χ4v) is 4.10. The molecule has 0 saturated heterocycles. The summed E-state index contributed by atoms with van der Waals surface area (Å²) in [6, 6.07) is 14.0. The minimum absolute atomic E-state index is 0.00742. The van der Waals surface area contributed by atoms with Gasteiger partial charge >= 0.3 is 18.0 Å². The summed E-state index contributed by atoms with van der Waals surface area (Å²) in [5.41, 5.74) is -3.68. The Morgan fingerprint density at radius 1 is 0.868 bits per heavy atom. The number of ether oxygens (including phenoxy) is 1. The molecule has 0 aliphatic rings. The predicted octanol–water partition coefficient (Wildman–Crippen LogP) is 6.78. The van der Waals surface area contributed by atoms with Crippen molar-refractivity contribution in [3.8, 4) is 16.9 Å². The van der Waals surface area contributed by atoms with E-state index in [-0.39, 0.29) is 17.0 Å². The highest BCUT2D eigenvalue weighted by Gasteiger charge is 2.37. The molecule has 1 aromatic heterocycles. The zero-order valence-electron chi connectivity index (χ0n) is 19.9. The van der Waals surface area contributed by atoms with Crippen LogP contribution in [0.15, 0.2) is 75.9 Å². The Balaban J connectivity index is 1.84. The molecular weight excluding hydrogens is 516 g/mol. The first-order valence-electron chi connectivity index (χ1n) is 11.0. The van der Waals surface area contributed by atoms with Crippen molar-refractivity contribution in [1.82, 2.24) is 4.90 Å². The topological polar surface area (TPSA) is 59.8 Å². The summed E-state index contributed by atoms with van der Waals surface area (Å²) in [6.07, 6.45) is -10.1. The maximum atomic E-state index is 13.5. The number of hydrogen-bond donors (Lipinski definition) is 0. The molecule has 0 fully saturated rings. The smallest absolute Gasteiger partial charge is 0.416 e. The van der Waals surface area contributed by atoms with Crippen LogP contribution in [0.5, 0.6) is 5.75 Å². The average Bonchev–Trinajstić information content (AvgIpc) is 2.87. The highest BCUT2D eigenvalue weighted by atomic mass is 19.4. The third-order valence-electron chi connectivity index (χ3n) is 5.82. The summed E-state index contributed by atoms with van der Waals surface area (Å²) in [5, 5.41) is 0.517. The summed E-state index contributed by atoms with van der Waals surface area (Å²) in [6.45, 7) is -0.631. The third-order valence-corrected chi connectivity index (χ3v) is 5.82. The van der Waals surface area contributed by atoms with Crippen LogP contribution in [-0.4, -0.2) is 25.0 Å². The SMILES string of the molecule is COc1ccccc1-c1c(C(=O)N(C)Cc2cc(C(F)(F)F)cc(C(F)(F)F)c2)oc(=O)c2ccccc12. The summed E-state index contributed by atoms with van der Waals surface area (Å²) < 4.78 is 90.5. The standard InChI is InChI=1S/C27H19F6NO4/c1-34(14-15-11-16(26(28,29)30)13-17(12-15)27(31,32)33)24(35)23-22(20-9-5-6-10-21(20)37-2)18-7-3-4-8-19(18)25(36)38-23/h3-13H,14H2,1-2H3. The quantitative estimate of drug-likeness (QED) is 0.265. The first-order valence-corrected chi connectivity index (χ1v) is 11.0. The van der Waals surface area contributed by atoms with Crippen LogP contribution in [0.4, 0.5) is 26.3 Å². The highest BCUT2D eigenvalue weighted by molar-refractivity contribution is 6.07. The van der Waals surface area contributed by atoms with Crippen LogP contribution >= 0.6 is 0 Å². The number of hydrogen-bond acceptors (Lipinski definition) is 4. The third kappa shape index (κ3) is 5.22. The Morgan fingerprint density at radius 2 is 1.42 bits per heavy atom. The molecule has 38 heavy (non-hydrogen) atoms. The molecule has 0 saturated carbocycles. The van der Waals surface area contributed by atoms with Gasteiger partial charge in [0.1, 0.15) is 5.75 Å². The maximum absolute atomic E-state index is 13.5. The van der Waals surface area contributed by atoms with Gasteiger partial charge in [-0.2, -0.15) is 26.3 Å². The van der Waals surface area contributed by atoms with Gasteiger partial charge in [0.2, 0.25) is 5.76 Å². The van der Waals surface area contributed by atoms with Crippen molar-refractivity contribution in [2.24, 2.45) is 0 Å². The lowest BCUT2D eigenvalue weighted by Crippen LogP contribution is -2.28. The van der Waals surface area contributed by atoms with Gasteiger partial charge in [-0.3, -0.25) is 4.79 Å². The second-order valence-corrected chi connectivity index (χ2v) is 8.41. The number of amides is 1. The van der Waals surface area contributed by atoms with E-state index >= 15 is 0 Å². The lowest BCUT2D eigenvalue weighted by atomic mass is 9.97. The molecule has 4 aromatic rings. The highest BCUT2D eigenvalue weighted by Crippen LogP contribution is 2.38. The fraction of sp³-hybridized carbons (Fsp3) is 0.185. The lowest BCUT2D eigenvalue weighted by Gasteiger charge is -2.21. The van der Waals surface area contributed by atoms with Crippen molar-refractivity contribution in [3.63, 3.8) is 0 Å². The van der Waals surface area contributed by atoms with Gasteiger partial charge in [0.25, 0.3) is 5.91 Å². The van der Waals surface area contributed by atoms with E-state index in [0.29, 0.717) is 28.8 Å². The monoisotopic (exact) mass is 535 g/mol. The second-order valence-electron chi connectivity index (χ2n) is 8.41. The first kappa shape index (κ1) is 26.8. The van der Waals surface area contributed by atoms with Gasteiger partial charge in [-0.25, -0.2) is 4.79 Å². The molecule has 0 bridgehead atoms. The number of halogens is 6. The summed E-state index contributed by atoms with van der Waals surface area (Å²) >= 11 is 0. The van der Waals surface area contributed by atoms with Crippen LogP contribution < -0.4 is 10.4 Å². The molecular formula is C27H19F6NO4. The van der Waals surface area contributed by atoms with Crippen LogP contribution in [-0.2, 0) is 18.9 Å². The summed E-state index contributed by atoms with van der Waals surface area (Å²) in [5.74, 6) is -1.03. The van der Waals surface area contributed by atoms with Crippen molar-refractivity contribution in [2.75, 3.05) is 14.2 Å². The second kappa shape index (κ2) is 9.88. The van der Waals surface area contributed by atoms with E-state index in [1.165, 1.54) is 20.2 Å². The number of carbonyl (C=O) groups is 1. The molecule has 0 radical (unpaired) electrons. The number of nitrogens with zero attached hydrogens (tertiary/aromatic N) is 1. The molecule has 0 unspecified atom stereocenters. The predicted molar refractivity (Wildman–Crippen MR) is 127 cm³/mol. The van der Waals surface area contributed by atoms with Crippen LogP contribution in [0, 0.1) is 0 Å². The molecule has 0 spiro atoms. The van der Waals surface area contributed by atoms with E-state index in [1.807, 2.05) is 0 Å². The van der Waals surface area contributed by atoms with E-state index in [4.69, 9.17) is 9.15 Å². The number of rotatable bonds is 5. The van der Waals surface area contributed by atoms with Gasteiger partial charge in [-0.05, 0) is 35.9 Å². The van der Waals surface area contributed by atoms with Crippen molar-refractivity contribution >= 4 is 16.7 Å². The van der Waals surface area contributed by atoms with Crippen molar-refractivity contribution < 1.29 is 40.3 Å². The number of benzene rings is 3. The Morgan fingerprint density at radius 3 is 2.00 bits per heavy atom. The molecule has 0 atom stereocenters. The summed E-state index contributed by atoms with van der Waals surface area (Å²) in [4.78, 5) is 27.1. The molecule has 4 rings (SSSR count). The van der Waals surface area contributed by atoms with Gasteiger partial charge in [0.15, 0.2) is 0 Å². The molecule has 1 heterocycles. The van der Waals surface area contributed by atoms with Gasteiger partial charge in [0, 0.05) is 30.1 Å².